The molecule has 0 bridgehead atoms. The minimum absolute atomic E-state index is 0.345. The molecular formula is C15H23N2O3P. The number of nitriles is 1. The first-order chi connectivity index (χ1) is 9.64. The molecule has 1 aromatic carbocycles. The van der Waals surface area contributed by atoms with Crippen LogP contribution >= 0.6 is 7.60 Å². The van der Waals surface area contributed by atoms with Gasteiger partial charge in [-0.25, -0.2) is 0 Å². The second-order valence-electron chi connectivity index (χ2n) is 5.41. The highest BCUT2D eigenvalue weighted by Gasteiger charge is 2.46. The van der Waals surface area contributed by atoms with Crippen LogP contribution in [0, 0.1) is 25.2 Å². The lowest BCUT2D eigenvalue weighted by molar-refractivity contribution is 0.315. The molecule has 0 radical (unpaired) electrons. The molecule has 0 amide bonds. The number of rotatable bonds is 5. The van der Waals surface area contributed by atoms with Crippen molar-refractivity contribution in [1.82, 2.24) is 0 Å². The fraction of sp³-hybridized carbons (Fsp3) is 0.533. The largest absolute Gasteiger partial charge is 0.335 e. The van der Waals surface area contributed by atoms with E-state index < -0.39 is 18.8 Å². The van der Waals surface area contributed by atoms with Crippen molar-refractivity contribution < 1.29 is 14.4 Å². The molecule has 116 valence electrons. The standard InChI is InChI=1S/C15H23N2O3P/c1-5-15(6-2,21(18,19)20)13-8-10(3)12(7-11(13)4)14(17)9-16/h7-8,14H,5-6,17H2,1-4H3,(H2,18,19,20). The molecule has 0 heterocycles. The molecule has 0 aliphatic carbocycles. The van der Waals surface area contributed by atoms with Gasteiger partial charge in [0.2, 0.25) is 0 Å². The van der Waals surface area contributed by atoms with Gasteiger partial charge in [0.05, 0.1) is 11.2 Å². The molecule has 1 rings (SSSR count). The number of nitrogens with zero attached hydrogens (tertiary/aromatic N) is 1. The van der Waals surface area contributed by atoms with Gasteiger partial charge in [0.15, 0.2) is 0 Å². The summed E-state index contributed by atoms with van der Waals surface area (Å²) in [5.74, 6) is 0. The summed E-state index contributed by atoms with van der Waals surface area (Å²) >= 11 is 0. The summed E-state index contributed by atoms with van der Waals surface area (Å²) in [6, 6.07) is 4.80. The van der Waals surface area contributed by atoms with Crippen molar-refractivity contribution in [3.05, 3.63) is 34.4 Å². The van der Waals surface area contributed by atoms with Crippen LogP contribution in [0.2, 0.25) is 0 Å². The quantitative estimate of drug-likeness (QED) is 0.725. The molecule has 1 atom stereocenters. The SMILES string of the molecule is CCC(CC)(c1cc(C)c(C(N)C#N)cc1C)P(=O)(O)O. The lowest BCUT2D eigenvalue weighted by Gasteiger charge is -2.35. The average molecular weight is 310 g/mol. The Morgan fingerprint density at radius 3 is 2.19 bits per heavy atom. The van der Waals surface area contributed by atoms with Crippen LogP contribution in [-0.4, -0.2) is 9.79 Å². The molecule has 0 spiro atoms. The van der Waals surface area contributed by atoms with Crippen LogP contribution in [0.15, 0.2) is 12.1 Å². The Hall–Kier alpha value is -1.18. The second-order valence-corrected chi connectivity index (χ2v) is 7.36. The maximum atomic E-state index is 12.1. The number of hydrogen-bond donors (Lipinski definition) is 3. The van der Waals surface area contributed by atoms with E-state index >= 15 is 0 Å². The molecule has 0 aromatic heterocycles. The van der Waals surface area contributed by atoms with Crippen LogP contribution in [-0.2, 0) is 9.72 Å². The number of hydrogen-bond acceptors (Lipinski definition) is 3. The number of nitrogens with two attached hydrogens (primary N) is 1. The van der Waals surface area contributed by atoms with E-state index in [9.17, 15) is 14.4 Å². The summed E-state index contributed by atoms with van der Waals surface area (Å²) in [5.41, 5.74) is 8.64. The molecule has 0 saturated heterocycles. The molecule has 0 fully saturated rings. The Morgan fingerprint density at radius 1 is 1.29 bits per heavy atom. The van der Waals surface area contributed by atoms with Gasteiger partial charge in [0.25, 0.3) is 0 Å². The number of benzene rings is 1. The molecule has 0 aliphatic heterocycles. The van der Waals surface area contributed by atoms with Gasteiger partial charge < -0.3 is 15.5 Å². The maximum Gasteiger partial charge on any atom is 0.335 e. The van der Waals surface area contributed by atoms with E-state index in [1.807, 2.05) is 13.0 Å². The summed E-state index contributed by atoms with van der Waals surface area (Å²) in [5, 5.41) is 7.77. The smallest absolute Gasteiger partial charge is 0.324 e. The average Bonchev–Trinajstić information content (AvgIpc) is 2.41. The fourth-order valence-electron chi connectivity index (χ4n) is 2.94. The molecule has 6 heteroatoms. The Balaban J connectivity index is 3.61. The molecule has 4 N–H and O–H groups in total. The highest BCUT2D eigenvalue weighted by Crippen LogP contribution is 2.61. The Kier molecular flexibility index (Phi) is 5.35. The van der Waals surface area contributed by atoms with Crippen molar-refractivity contribution in [3.63, 3.8) is 0 Å². The van der Waals surface area contributed by atoms with Crippen molar-refractivity contribution in [2.75, 3.05) is 0 Å². The normalized spacial score (nSPS) is 13.8. The van der Waals surface area contributed by atoms with E-state index in [1.54, 1.807) is 32.9 Å². The molecule has 0 saturated carbocycles. The highest BCUT2D eigenvalue weighted by atomic mass is 31.2. The third kappa shape index (κ3) is 3.04. The van der Waals surface area contributed by atoms with Crippen LogP contribution in [0.5, 0.6) is 0 Å². The zero-order chi connectivity index (χ0) is 16.4. The van der Waals surface area contributed by atoms with Crippen LogP contribution in [0.3, 0.4) is 0 Å². The summed E-state index contributed by atoms with van der Waals surface area (Å²) < 4.78 is 12.1. The minimum atomic E-state index is -4.32. The maximum absolute atomic E-state index is 12.1. The lowest BCUT2D eigenvalue weighted by atomic mass is 9.85. The monoisotopic (exact) mass is 310 g/mol. The fourth-order valence-corrected chi connectivity index (χ4v) is 4.32. The topological polar surface area (TPSA) is 107 Å². The van der Waals surface area contributed by atoms with E-state index in [4.69, 9.17) is 11.0 Å². The van der Waals surface area contributed by atoms with Crippen LogP contribution in [0.25, 0.3) is 0 Å². The summed E-state index contributed by atoms with van der Waals surface area (Å²) in [6.07, 6.45) is 0.690. The van der Waals surface area contributed by atoms with Gasteiger partial charge in [-0.1, -0.05) is 26.0 Å². The van der Waals surface area contributed by atoms with Gasteiger partial charge in [-0.3, -0.25) is 4.57 Å². The molecule has 1 aromatic rings. The van der Waals surface area contributed by atoms with Crippen molar-refractivity contribution in [2.24, 2.45) is 5.73 Å². The first-order valence-electron chi connectivity index (χ1n) is 6.97. The van der Waals surface area contributed by atoms with Gasteiger partial charge in [-0.05, 0) is 48.9 Å². The lowest BCUT2D eigenvalue weighted by Crippen LogP contribution is -2.26. The van der Waals surface area contributed by atoms with Crippen LogP contribution in [0.4, 0.5) is 0 Å². The van der Waals surface area contributed by atoms with Crippen molar-refractivity contribution in [2.45, 2.75) is 51.7 Å². The Morgan fingerprint density at radius 2 is 1.81 bits per heavy atom. The van der Waals surface area contributed by atoms with Crippen molar-refractivity contribution >= 4 is 7.60 Å². The predicted molar refractivity (Wildman–Crippen MR) is 82.8 cm³/mol. The van der Waals surface area contributed by atoms with Gasteiger partial charge in [0.1, 0.15) is 6.04 Å². The highest BCUT2D eigenvalue weighted by molar-refractivity contribution is 7.53. The van der Waals surface area contributed by atoms with Crippen molar-refractivity contribution in [1.29, 1.82) is 5.26 Å². The zero-order valence-electron chi connectivity index (χ0n) is 12.9. The van der Waals surface area contributed by atoms with Gasteiger partial charge in [0, 0.05) is 0 Å². The first-order valence-corrected chi connectivity index (χ1v) is 8.58. The van der Waals surface area contributed by atoms with Gasteiger partial charge in [-0.2, -0.15) is 5.26 Å². The molecule has 21 heavy (non-hydrogen) atoms. The first kappa shape index (κ1) is 17.9. The Labute approximate surface area is 125 Å². The van der Waals surface area contributed by atoms with E-state index in [-0.39, 0.29) is 0 Å². The Bertz CT molecular complexity index is 612. The number of aryl methyl sites for hydroxylation is 2. The van der Waals surface area contributed by atoms with E-state index in [2.05, 4.69) is 0 Å². The zero-order valence-corrected chi connectivity index (χ0v) is 13.8. The summed E-state index contributed by atoms with van der Waals surface area (Å²) in [6.45, 7) is 7.18. The molecular weight excluding hydrogens is 287 g/mol. The van der Waals surface area contributed by atoms with E-state index in [0.29, 0.717) is 24.0 Å². The third-order valence-corrected chi connectivity index (χ3v) is 6.30. The molecule has 5 nitrogen and oxygen atoms in total. The summed E-state index contributed by atoms with van der Waals surface area (Å²) in [7, 11) is -4.32. The van der Waals surface area contributed by atoms with Crippen LogP contribution in [0.1, 0.15) is 55.0 Å². The van der Waals surface area contributed by atoms with Gasteiger partial charge >= 0.3 is 7.60 Å². The van der Waals surface area contributed by atoms with E-state index in [0.717, 1.165) is 11.1 Å². The second kappa shape index (κ2) is 6.29. The third-order valence-electron chi connectivity index (χ3n) is 4.32. The predicted octanol–water partition coefficient (Wildman–Crippen LogP) is 3.02. The summed E-state index contributed by atoms with van der Waals surface area (Å²) in [4.78, 5) is 19.7. The minimum Gasteiger partial charge on any atom is -0.324 e. The van der Waals surface area contributed by atoms with Crippen LogP contribution < -0.4 is 5.73 Å². The van der Waals surface area contributed by atoms with Gasteiger partial charge in [-0.15, -0.1) is 0 Å². The van der Waals surface area contributed by atoms with Crippen molar-refractivity contribution in [3.8, 4) is 6.07 Å². The molecule has 0 aliphatic rings. The molecule has 1 unspecified atom stereocenters. The van der Waals surface area contributed by atoms with E-state index in [1.165, 1.54) is 0 Å².